The minimum absolute atomic E-state index is 0.0538. The number of likely N-dealkylation sites (tertiary alicyclic amines) is 1. The third-order valence-corrected chi connectivity index (χ3v) is 4.96. The van der Waals surface area contributed by atoms with Crippen molar-refractivity contribution in [3.63, 3.8) is 0 Å². The van der Waals surface area contributed by atoms with Crippen molar-refractivity contribution < 1.29 is 19.5 Å². The lowest BCUT2D eigenvalue weighted by Crippen LogP contribution is -2.40. The van der Waals surface area contributed by atoms with Gasteiger partial charge in [0.1, 0.15) is 0 Å². The van der Waals surface area contributed by atoms with E-state index in [-0.39, 0.29) is 17.7 Å². The van der Waals surface area contributed by atoms with Gasteiger partial charge in [-0.05, 0) is 43.0 Å². The van der Waals surface area contributed by atoms with Gasteiger partial charge in [0.25, 0.3) is 5.91 Å². The Labute approximate surface area is 141 Å². The predicted octanol–water partition coefficient (Wildman–Crippen LogP) is 1.92. The van der Waals surface area contributed by atoms with Gasteiger partial charge in [-0.15, -0.1) is 0 Å². The Morgan fingerprint density at radius 3 is 2.50 bits per heavy atom. The molecular formula is C18H22N2O4. The molecule has 0 saturated carbocycles. The Kier molecular flexibility index (Phi) is 4.55. The van der Waals surface area contributed by atoms with Crippen molar-refractivity contribution in [2.24, 2.45) is 5.92 Å². The van der Waals surface area contributed by atoms with Crippen LogP contribution in [0.3, 0.4) is 0 Å². The SMILES string of the molecule is CCC(=O)N1CCc2cc(C(=O)N3CCC(C(=O)O)CC3)ccc21. The number of amides is 2. The van der Waals surface area contributed by atoms with E-state index in [0.29, 0.717) is 44.5 Å². The van der Waals surface area contributed by atoms with Gasteiger partial charge >= 0.3 is 5.97 Å². The highest BCUT2D eigenvalue weighted by molar-refractivity contribution is 5.98. The molecule has 2 aliphatic heterocycles. The maximum Gasteiger partial charge on any atom is 0.306 e. The number of hydrogen-bond acceptors (Lipinski definition) is 3. The van der Waals surface area contributed by atoms with Crippen molar-refractivity contribution in [2.45, 2.75) is 32.6 Å². The fourth-order valence-corrected chi connectivity index (χ4v) is 3.50. The molecule has 0 radical (unpaired) electrons. The summed E-state index contributed by atoms with van der Waals surface area (Å²) in [5, 5.41) is 9.04. The molecule has 0 aromatic heterocycles. The molecule has 2 heterocycles. The molecule has 3 rings (SSSR count). The van der Waals surface area contributed by atoms with Gasteiger partial charge in [-0.25, -0.2) is 0 Å². The molecule has 1 aromatic carbocycles. The summed E-state index contributed by atoms with van der Waals surface area (Å²) >= 11 is 0. The summed E-state index contributed by atoms with van der Waals surface area (Å²) in [4.78, 5) is 39.1. The molecule has 2 aliphatic rings. The number of nitrogens with zero attached hydrogens (tertiary/aromatic N) is 2. The number of hydrogen-bond donors (Lipinski definition) is 1. The van der Waals surface area contributed by atoms with E-state index in [0.717, 1.165) is 17.7 Å². The molecular weight excluding hydrogens is 308 g/mol. The first kappa shape index (κ1) is 16.5. The third kappa shape index (κ3) is 3.00. The molecule has 1 aromatic rings. The maximum atomic E-state index is 12.6. The van der Waals surface area contributed by atoms with Crippen LogP contribution in [0.15, 0.2) is 18.2 Å². The summed E-state index contributed by atoms with van der Waals surface area (Å²) < 4.78 is 0. The molecule has 24 heavy (non-hydrogen) atoms. The molecule has 0 atom stereocenters. The summed E-state index contributed by atoms with van der Waals surface area (Å²) in [5.41, 5.74) is 2.55. The quantitative estimate of drug-likeness (QED) is 0.918. The second-order valence-electron chi connectivity index (χ2n) is 6.40. The Hall–Kier alpha value is -2.37. The van der Waals surface area contributed by atoms with Gasteiger partial charge < -0.3 is 14.9 Å². The van der Waals surface area contributed by atoms with E-state index < -0.39 is 5.97 Å². The molecule has 0 bridgehead atoms. The third-order valence-electron chi connectivity index (χ3n) is 4.96. The van der Waals surface area contributed by atoms with E-state index in [9.17, 15) is 14.4 Å². The second-order valence-corrected chi connectivity index (χ2v) is 6.40. The molecule has 0 spiro atoms. The van der Waals surface area contributed by atoms with Crippen LogP contribution in [0, 0.1) is 5.92 Å². The maximum absolute atomic E-state index is 12.6. The van der Waals surface area contributed by atoms with Gasteiger partial charge in [-0.3, -0.25) is 14.4 Å². The molecule has 0 unspecified atom stereocenters. The summed E-state index contributed by atoms with van der Waals surface area (Å²) in [6.07, 6.45) is 2.25. The van der Waals surface area contributed by atoms with Crippen LogP contribution in [0.1, 0.15) is 42.1 Å². The topological polar surface area (TPSA) is 77.9 Å². The monoisotopic (exact) mass is 330 g/mol. The number of piperidine rings is 1. The first-order chi connectivity index (χ1) is 11.5. The largest absolute Gasteiger partial charge is 0.481 e. The van der Waals surface area contributed by atoms with E-state index >= 15 is 0 Å². The highest BCUT2D eigenvalue weighted by Crippen LogP contribution is 2.30. The zero-order valence-corrected chi connectivity index (χ0v) is 13.8. The summed E-state index contributed by atoms with van der Waals surface area (Å²) in [6, 6.07) is 5.50. The summed E-state index contributed by atoms with van der Waals surface area (Å²) in [6.45, 7) is 3.48. The van der Waals surface area contributed by atoms with Gasteiger partial charge in [-0.2, -0.15) is 0 Å². The molecule has 6 heteroatoms. The summed E-state index contributed by atoms with van der Waals surface area (Å²) in [5.74, 6) is -1.08. The molecule has 128 valence electrons. The molecule has 1 saturated heterocycles. The van der Waals surface area contributed by atoms with Crippen molar-refractivity contribution in [1.29, 1.82) is 0 Å². The number of anilines is 1. The lowest BCUT2D eigenvalue weighted by molar-refractivity contribution is -0.143. The highest BCUT2D eigenvalue weighted by atomic mass is 16.4. The number of carbonyl (C=O) groups excluding carboxylic acids is 2. The van der Waals surface area contributed by atoms with E-state index in [1.807, 2.05) is 19.1 Å². The Morgan fingerprint density at radius 2 is 1.88 bits per heavy atom. The lowest BCUT2D eigenvalue weighted by atomic mass is 9.96. The number of carbonyl (C=O) groups is 3. The van der Waals surface area contributed by atoms with Crippen LogP contribution in [0.4, 0.5) is 5.69 Å². The lowest BCUT2D eigenvalue weighted by Gasteiger charge is -2.30. The zero-order valence-electron chi connectivity index (χ0n) is 13.8. The average Bonchev–Trinajstić information content (AvgIpc) is 3.03. The van der Waals surface area contributed by atoms with Gasteiger partial charge in [0.2, 0.25) is 5.91 Å². The van der Waals surface area contributed by atoms with Gasteiger partial charge in [0, 0.05) is 37.3 Å². The average molecular weight is 330 g/mol. The molecule has 2 amide bonds. The van der Waals surface area contributed by atoms with Crippen LogP contribution in [0.5, 0.6) is 0 Å². The fraction of sp³-hybridized carbons (Fsp3) is 0.500. The number of fused-ring (bicyclic) bond motifs is 1. The van der Waals surface area contributed by atoms with E-state index in [2.05, 4.69) is 0 Å². The summed E-state index contributed by atoms with van der Waals surface area (Å²) in [7, 11) is 0. The fourth-order valence-electron chi connectivity index (χ4n) is 3.50. The Balaban J connectivity index is 1.71. The van der Waals surface area contributed by atoms with Crippen molar-refractivity contribution in [3.05, 3.63) is 29.3 Å². The molecule has 1 N–H and O–H groups in total. The highest BCUT2D eigenvalue weighted by Gasteiger charge is 2.29. The molecule has 0 aliphatic carbocycles. The van der Waals surface area contributed by atoms with Gasteiger partial charge in [-0.1, -0.05) is 6.92 Å². The van der Waals surface area contributed by atoms with Crippen LogP contribution in [0.25, 0.3) is 0 Å². The first-order valence-electron chi connectivity index (χ1n) is 8.46. The first-order valence-corrected chi connectivity index (χ1v) is 8.46. The van der Waals surface area contributed by atoms with Crippen LogP contribution in [0.2, 0.25) is 0 Å². The number of aliphatic carboxylic acids is 1. The van der Waals surface area contributed by atoms with Crippen molar-refractivity contribution in [2.75, 3.05) is 24.5 Å². The number of benzene rings is 1. The Bertz CT molecular complexity index is 678. The van der Waals surface area contributed by atoms with E-state index in [4.69, 9.17) is 5.11 Å². The van der Waals surface area contributed by atoms with Crippen molar-refractivity contribution >= 4 is 23.5 Å². The van der Waals surface area contributed by atoms with E-state index in [1.54, 1.807) is 15.9 Å². The normalized spacial score (nSPS) is 17.7. The predicted molar refractivity (Wildman–Crippen MR) is 89.1 cm³/mol. The molecule has 6 nitrogen and oxygen atoms in total. The number of rotatable bonds is 3. The van der Waals surface area contributed by atoms with Crippen molar-refractivity contribution in [3.8, 4) is 0 Å². The minimum atomic E-state index is -0.777. The number of carboxylic acid groups (broad SMARTS) is 1. The van der Waals surface area contributed by atoms with Gasteiger partial charge in [0.05, 0.1) is 5.92 Å². The Morgan fingerprint density at radius 1 is 1.17 bits per heavy atom. The van der Waals surface area contributed by atoms with Gasteiger partial charge in [0.15, 0.2) is 0 Å². The zero-order chi connectivity index (χ0) is 17.3. The van der Waals surface area contributed by atoms with Crippen LogP contribution in [-0.4, -0.2) is 47.4 Å². The molecule has 1 fully saturated rings. The standard InChI is InChI=1S/C18H22N2O4/c1-2-16(21)20-10-7-13-11-14(3-4-15(13)20)17(22)19-8-5-12(6-9-19)18(23)24/h3-4,11-12H,2,5-10H2,1H3,(H,23,24). The smallest absolute Gasteiger partial charge is 0.306 e. The van der Waals surface area contributed by atoms with Crippen LogP contribution in [-0.2, 0) is 16.0 Å². The van der Waals surface area contributed by atoms with Crippen LogP contribution >= 0.6 is 0 Å². The van der Waals surface area contributed by atoms with Crippen molar-refractivity contribution in [1.82, 2.24) is 4.90 Å². The number of carboxylic acids is 1. The second kappa shape index (κ2) is 6.63. The minimum Gasteiger partial charge on any atom is -0.481 e. The van der Waals surface area contributed by atoms with E-state index in [1.165, 1.54) is 0 Å². The van der Waals surface area contributed by atoms with Crippen LogP contribution < -0.4 is 4.90 Å².